The van der Waals surface area contributed by atoms with Crippen molar-refractivity contribution in [2.75, 3.05) is 12.4 Å². The maximum atomic E-state index is 10.0. The summed E-state index contributed by atoms with van der Waals surface area (Å²) >= 11 is 0. The number of benzene rings is 1. The summed E-state index contributed by atoms with van der Waals surface area (Å²) in [5.74, 6) is 0.867. The Labute approximate surface area is 119 Å². The van der Waals surface area contributed by atoms with Crippen LogP contribution in [0.2, 0.25) is 0 Å². The lowest BCUT2D eigenvalue weighted by Crippen LogP contribution is -2.06. The largest absolute Gasteiger partial charge is 0.507 e. The van der Waals surface area contributed by atoms with Gasteiger partial charge in [0.25, 0.3) is 0 Å². The van der Waals surface area contributed by atoms with E-state index in [0.29, 0.717) is 11.8 Å². The molecule has 1 aromatic carbocycles. The molecule has 0 saturated carbocycles. The lowest BCUT2D eigenvalue weighted by atomic mass is 10.1. The Kier molecular flexibility index (Phi) is 4.17. The molecule has 1 unspecified atom stereocenters. The average Bonchev–Trinajstić information content (AvgIpc) is 2.87. The second-order valence-electron chi connectivity index (χ2n) is 5.09. The predicted molar refractivity (Wildman–Crippen MR) is 79.3 cm³/mol. The van der Waals surface area contributed by atoms with E-state index in [0.717, 1.165) is 11.3 Å². The van der Waals surface area contributed by atoms with Crippen molar-refractivity contribution in [1.29, 1.82) is 0 Å². The van der Waals surface area contributed by atoms with Crippen LogP contribution in [0.25, 0.3) is 0 Å². The quantitative estimate of drug-likeness (QED) is 0.878. The lowest BCUT2D eigenvalue weighted by Gasteiger charge is -2.16. The molecule has 0 fully saturated rings. The van der Waals surface area contributed by atoms with Crippen molar-refractivity contribution < 1.29 is 9.84 Å². The van der Waals surface area contributed by atoms with Crippen molar-refractivity contribution in [3.8, 4) is 11.5 Å². The number of phenols is 1. The SMILES string of the molecule is COc1ccc(C(C)Nc2cnn(C(C)C)c2)c(O)c1. The molecule has 0 radical (unpaired) electrons. The van der Waals surface area contributed by atoms with Crippen LogP contribution in [0.3, 0.4) is 0 Å². The minimum absolute atomic E-state index is 0.0225. The molecule has 0 aliphatic heterocycles. The summed E-state index contributed by atoms with van der Waals surface area (Å²) in [5, 5.41) is 17.6. The average molecular weight is 275 g/mol. The maximum absolute atomic E-state index is 10.0. The fourth-order valence-corrected chi connectivity index (χ4v) is 2.04. The second kappa shape index (κ2) is 5.86. The molecule has 1 aromatic heterocycles. The topological polar surface area (TPSA) is 59.3 Å². The molecule has 0 aliphatic rings. The van der Waals surface area contributed by atoms with E-state index in [1.54, 1.807) is 19.4 Å². The van der Waals surface area contributed by atoms with Crippen LogP contribution in [0.15, 0.2) is 30.6 Å². The van der Waals surface area contributed by atoms with Gasteiger partial charge in [-0.25, -0.2) is 0 Å². The molecule has 5 heteroatoms. The highest BCUT2D eigenvalue weighted by Crippen LogP contribution is 2.30. The molecule has 2 N–H and O–H groups in total. The molecule has 0 spiro atoms. The number of phenolic OH excluding ortho intramolecular Hbond substituents is 1. The van der Waals surface area contributed by atoms with E-state index < -0.39 is 0 Å². The summed E-state index contributed by atoms with van der Waals surface area (Å²) in [6.07, 6.45) is 3.75. The number of nitrogens with one attached hydrogen (secondary N) is 1. The highest BCUT2D eigenvalue weighted by molar-refractivity contribution is 5.47. The Morgan fingerprint density at radius 3 is 2.60 bits per heavy atom. The third-order valence-electron chi connectivity index (χ3n) is 3.22. The monoisotopic (exact) mass is 275 g/mol. The molecule has 0 saturated heterocycles. The smallest absolute Gasteiger partial charge is 0.124 e. The third kappa shape index (κ3) is 3.04. The number of rotatable bonds is 5. The van der Waals surface area contributed by atoms with Crippen molar-refractivity contribution in [3.05, 3.63) is 36.2 Å². The molecule has 20 heavy (non-hydrogen) atoms. The highest BCUT2D eigenvalue weighted by Gasteiger charge is 2.12. The summed E-state index contributed by atoms with van der Waals surface area (Å²) < 4.78 is 6.98. The molecule has 2 rings (SSSR count). The van der Waals surface area contributed by atoms with Gasteiger partial charge < -0.3 is 15.2 Å². The number of aromatic hydroxyl groups is 1. The molecule has 0 aliphatic carbocycles. The summed E-state index contributed by atoms with van der Waals surface area (Å²) in [5.41, 5.74) is 1.75. The number of hydrogen-bond donors (Lipinski definition) is 2. The molecule has 5 nitrogen and oxygen atoms in total. The number of nitrogens with zero attached hydrogens (tertiary/aromatic N) is 2. The number of anilines is 1. The summed E-state index contributed by atoms with van der Waals surface area (Å²) in [6.45, 7) is 6.15. The molecule has 0 amide bonds. The predicted octanol–water partition coefficient (Wildman–Crippen LogP) is 3.35. The van der Waals surface area contributed by atoms with E-state index in [1.165, 1.54) is 0 Å². The highest BCUT2D eigenvalue weighted by atomic mass is 16.5. The van der Waals surface area contributed by atoms with Crippen LogP contribution in [-0.2, 0) is 0 Å². The first-order valence-electron chi connectivity index (χ1n) is 6.69. The van der Waals surface area contributed by atoms with Crippen LogP contribution in [0.4, 0.5) is 5.69 Å². The Morgan fingerprint density at radius 1 is 1.30 bits per heavy atom. The van der Waals surface area contributed by atoms with E-state index in [9.17, 15) is 5.11 Å². The Hall–Kier alpha value is -2.17. The number of hydrogen-bond acceptors (Lipinski definition) is 4. The van der Waals surface area contributed by atoms with E-state index in [1.807, 2.05) is 29.9 Å². The Morgan fingerprint density at radius 2 is 2.05 bits per heavy atom. The van der Waals surface area contributed by atoms with Gasteiger partial charge in [-0.05, 0) is 32.9 Å². The first kappa shape index (κ1) is 14.2. The summed E-state index contributed by atoms with van der Waals surface area (Å²) in [6, 6.07) is 5.62. The van der Waals surface area contributed by atoms with Crippen molar-refractivity contribution in [2.24, 2.45) is 0 Å². The van der Waals surface area contributed by atoms with Crippen LogP contribution in [-0.4, -0.2) is 22.0 Å². The Bertz CT molecular complexity index is 578. The minimum atomic E-state index is -0.0225. The fraction of sp³-hybridized carbons (Fsp3) is 0.400. The zero-order chi connectivity index (χ0) is 14.7. The van der Waals surface area contributed by atoms with Crippen molar-refractivity contribution >= 4 is 5.69 Å². The van der Waals surface area contributed by atoms with Crippen LogP contribution in [0.5, 0.6) is 11.5 Å². The van der Waals surface area contributed by atoms with Crippen LogP contribution < -0.4 is 10.1 Å². The summed E-state index contributed by atoms with van der Waals surface area (Å²) in [7, 11) is 1.58. The van der Waals surface area contributed by atoms with Gasteiger partial charge in [0.2, 0.25) is 0 Å². The second-order valence-corrected chi connectivity index (χ2v) is 5.09. The lowest BCUT2D eigenvalue weighted by molar-refractivity contribution is 0.406. The van der Waals surface area contributed by atoms with Gasteiger partial charge in [-0.2, -0.15) is 5.10 Å². The first-order chi connectivity index (χ1) is 9.51. The summed E-state index contributed by atoms with van der Waals surface area (Å²) in [4.78, 5) is 0. The van der Waals surface area contributed by atoms with Crippen LogP contribution in [0, 0.1) is 0 Å². The third-order valence-corrected chi connectivity index (χ3v) is 3.22. The van der Waals surface area contributed by atoms with E-state index >= 15 is 0 Å². The van der Waals surface area contributed by atoms with E-state index in [-0.39, 0.29) is 11.8 Å². The van der Waals surface area contributed by atoms with Crippen LogP contribution >= 0.6 is 0 Å². The van der Waals surface area contributed by atoms with Gasteiger partial charge in [-0.15, -0.1) is 0 Å². The number of ether oxygens (including phenoxy) is 1. The molecular weight excluding hydrogens is 254 g/mol. The number of aromatic nitrogens is 2. The maximum Gasteiger partial charge on any atom is 0.124 e. The van der Waals surface area contributed by atoms with Gasteiger partial charge in [0.1, 0.15) is 11.5 Å². The van der Waals surface area contributed by atoms with Gasteiger partial charge in [-0.3, -0.25) is 4.68 Å². The molecule has 1 atom stereocenters. The molecule has 2 aromatic rings. The van der Waals surface area contributed by atoms with Crippen molar-refractivity contribution in [3.63, 3.8) is 0 Å². The molecule has 0 bridgehead atoms. The van der Waals surface area contributed by atoms with Gasteiger partial charge >= 0.3 is 0 Å². The zero-order valence-corrected chi connectivity index (χ0v) is 12.3. The first-order valence-corrected chi connectivity index (χ1v) is 6.69. The molecular formula is C15H21N3O2. The zero-order valence-electron chi connectivity index (χ0n) is 12.3. The van der Waals surface area contributed by atoms with Gasteiger partial charge in [0, 0.05) is 23.9 Å². The van der Waals surface area contributed by atoms with Gasteiger partial charge in [-0.1, -0.05) is 0 Å². The van der Waals surface area contributed by atoms with Crippen molar-refractivity contribution in [1.82, 2.24) is 9.78 Å². The normalized spacial score (nSPS) is 12.4. The van der Waals surface area contributed by atoms with Gasteiger partial charge in [0.05, 0.1) is 25.0 Å². The minimum Gasteiger partial charge on any atom is -0.507 e. The fourth-order valence-electron chi connectivity index (χ4n) is 2.04. The van der Waals surface area contributed by atoms with E-state index in [4.69, 9.17) is 4.74 Å². The van der Waals surface area contributed by atoms with Gasteiger partial charge in [0.15, 0.2) is 0 Å². The Balaban J connectivity index is 2.12. The molecule has 108 valence electrons. The standard InChI is InChI=1S/C15H21N3O2/c1-10(2)18-9-12(8-16-18)17-11(3)14-6-5-13(20-4)7-15(14)19/h5-11,17,19H,1-4H3. The van der Waals surface area contributed by atoms with Crippen LogP contribution in [0.1, 0.15) is 38.4 Å². The van der Waals surface area contributed by atoms with Crippen molar-refractivity contribution in [2.45, 2.75) is 32.9 Å². The molecule has 1 heterocycles. The number of methoxy groups -OCH3 is 1. The van der Waals surface area contributed by atoms with E-state index in [2.05, 4.69) is 24.3 Å².